The number of nitrogens with zero attached hydrogens (tertiary/aromatic N) is 3. The van der Waals surface area contributed by atoms with Gasteiger partial charge in [0.05, 0.1) is 11.4 Å². The Labute approximate surface area is 167 Å². The summed E-state index contributed by atoms with van der Waals surface area (Å²) in [6.45, 7) is 5.77. The van der Waals surface area contributed by atoms with Gasteiger partial charge in [-0.2, -0.15) is 4.31 Å². The Morgan fingerprint density at radius 3 is 2.26 bits per heavy atom. The van der Waals surface area contributed by atoms with Gasteiger partial charge in [0, 0.05) is 44.3 Å². The molecule has 0 N–H and O–H groups in total. The molecule has 0 aliphatic carbocycles. The van der Waals surface area contributed by atoms with Crippen LogP contribution in [0.15, 0.2) is 23.1 Å². The summed E-state index contributed by atoms with van der Waals surface area (Å²) in [6, 6.07) is 4.94. The van der Waals surface area contributed by atoms with E-state index in [9.17, 15) is 13.2 Å². The van der Waals surface area contributed by atoms with Crippen molar-refractivity contribution in [2.45, 2.75) is 37.5 Å². The fourth-order valence-electron chi connectivity index (χ4n) is 3.73. The van der Waals surface area contributed by atoms with Crippen LogP contribution in [-0.2, 0) is 14.8 Å². The second-order valence-electron chi connectivity index (χ2n) is 7.39. The number of piperazine rings is 1. The molecule has 0 bridgehead atoms. The smallest absolute Gasteiger partial charge is 0.243 e. The number of hydrogen-bond acceptors (Lipinski definition) is 4. The number of aryl methyl sites for hydroxylation is 1. The van der Waals surface area contributed by atoms with E-state index in [-0.39, 0.29) is 10.8 Å². The predicted molar refractivity (Wildman–Crippen MR) is 106 cm³/mol. The molecule has 0 radical (unpaired) electrons. The summed E-state index contributed by atoms with van der Waals surface area (Å²) in [7, 11) is -3.57. The molecule has 1 aromatic rings. The number of sulfonamides is 1. The van der Waals surface area contributed by atoms with E-state index in [1.165, 1.54) is 23.2 Å². The standard InChI is InChI=1S/C19H28ClN3O3S/c1-16-6-7-17(20)14-18(16)27(25,26)23-12-10-21(11-13-23)15-19(24)22-8-4-2-3-5-9-22/h6-7,14H,2-5,8-13,15H2,1H3. The molecule has 0 spiro atoms. The molecule has 0 saturated carbocycles. The van der Waals surface area contributed by atoms with Crippen molar-refractivity contribution >= 4 is 27.5 Å². The van der Waals surface area contributed by atoms with Gasteiger partial charge in [0.2, 0.25) is 15.9 Å². The van der Waals surface area contributed by atoms with E-state index in [1.54, 1.807) is 19.1 Å². The minimum absolute atomic E-state index is 0.166. The maximum absolute atomic E-state index is 12.9. The van der Waals surface area contributed by atoms with Gasteiger partial charge in [-0.1, -0.05) is 30.5 Å². The lowest BCUT2D eigenvalue weighted by Crippen LogP contribution is -2.51. The molecule has 0 aromatic heterocycles. The molecule has 27 heavy (non-hydrogen) atoms. The zero-order valence-electron chi connectivity index (χ0n) is 15.9. The van der Waals surface area contributed by atoms with Crippen LogP contribution in [-0.4, -0.2) is 74.2 Å². The van der Waals surface area contributed by atoms with Crippen molar-refractivity contribution in [2.75, 3.05) is 45.8 Å². The quantitative estimate of drug-likeness (QED) is 0.760. The normalized spacial score (nSPS) is 20.4. The van der Waals surface area contributed by atoms with Gasteiger partial charge < -0.3 is 4.90 Å². The average molecular weight is 414 g/mol. The Hall–Kier alpha value is -1.15. The Bertz CT molecular complexity index is 768. The third-order valence-electron chi connectivity index (χ3n) is 5.42. The number of halogens is 1. The van der Waals surface area contributed by atoms with Crippen molar-refractivity contribution in [3.05, 3.63) is 28.8 Å². The van der Waals surface area contributed by atoms with E-state index in [4.69, 9.17) is 11.6 Å². The number of benzene rings is 1. The van der Waals surface area contributed by atoms with Crippen molar-refractivity contribution in [3.63, 3.8) is 0 Å². The summed E-state index contributed by atoms with van der Waals surface area (Å²) in [6.07, 6.45) is 4.56. The van der Waals surface area contributed by atoms with Crippen molar-refractivity contribution in [3.8, 4) is 0 Å². The molecule has 2 saturated heterocycles. The summed E-state index contributed by atoms with van der Waals surface area (Å²) in [5, 5.41) is 0.417. The third-order valence-corrected chi connectivity index (χ3v) is 7.69. The fraction of sp³-hybridized carbons (Fsp3) is 0.632. The topological polar surface area (TPSA) is 60.9 Å². The second kappa shape index (κ2) is 8.90. The molecule has 2 aliphatic heterocycles. The highest BCUT2D eigenvalue weighted by Crippen LogP contribution is 2.24. The number of carbonyl (C=O) groups is 1. The highest BCUT2D eigenvalue weighted by molar-refractivity contribution is 7.89. The van der Waals surface area contributed by atoms with Crippen molar-refractivity contribution in [1.82, 2.24) is 14.1 Å². The summed E-state index contributed by atoms with van der Waals surface area (Å²) >= 11 is 5.99. The molecule has 1 amide bonds. The van der Waals surface area contributed by atoms with Crippen LogP contribution in [0.3, 0.4) is 0 Å². The van der Waals surface area contributed by atoms with Crippen molar-refractivity contribution < 1.29 is 13.2 Å². The van der Waals surface area contributed by atoms with Gasteiger partial charge >= 0.3 is 0 Å². The maximum atomic E-state index is 12.9. The molecule has 2 fully saturated rings. The fourth-order valence-corrected chi connectivity index (χ4v) is 5.64. The van der Waals surface area contributed by atoms with Gasteiger partial charge in [0.1, 0.15) is 0 Å². The minimum atomic E-state index is -3.57. The molecule has 2 aliphatic rings. The average Bonchev–Trinajstić information content (AvgIpc) is 2.93. The molecule has 3 rings (SSSR count). The molecule has 1 aromatic carbocycles. The summed E-state index contributed by atoms with van der Waals surface area (Å²) < 4.78 is 27.4. The Balaban J connectivity index is 1.58. The first-order valence-corrected chi connectivity index (χ1v) is 11.5. The first-order chi connectivity index (χ1) is 12.9. The maximum Gasteiger partial charge on any atom is 0.243 e. The van der Waals surface area contributed by atoms with E-state index in [1.807, 2.05) is 4.90 Å². The van der Waals surface area contributed by atoms with Gasteiger partial charge in [0.25, 0.3) is 0 Å². The molecule has 150 valence electrons. The van der Waals surface area contributed by atoms with Crippen LogP contribution in [0.5, 0.6) is 0 Å². The van der Waals surface area contributed by atoms with Crippen LogP contribution in [0.25, 0.3) is 0 Å². The lowest BCUT2D eigenvalue weighted by Gasteiger charge is -2.34. The Morgan fingerprint density at radius 1 is 1.00 bits per heavy atom. The SMILES string of the molecule is Cc1ccc(Cl)cc1S(=O)(=O)N1CCN(CC(=O)N2CCCCCC2)CC1. The van der Waals surface area contributed by atoms with E-state index in [2.05, 4.69) is 4.90 Å². The zero-order chi connectivity index (χ0) is 19.4. The Kier molecular flexibility index (Phi) is 6.78. The van der Waals surface area contributed by atoms with Crippen LogP contribution >= 0.6 is 11.6 Å². The van der Waals surface area contributed by atoms with E-state index in [0.717, 1.165) is 25.9 Å². The first-order valence-electron chi connectivity index (χ1n) is 9.64. The van der Waals surface area contributed by atoms with E-state index in [0.29, 0.717) is 43.3 Å². The predicted octanol–water partition coefficient (Wildman–Crippen LogP) is 2.36. The molecule has 0 atom stereocenters. The van der Waals surface area contributed by atoms with Crippen molar-refractivity contribution in [1.29, 1.82) is 0 Å². The molecule has 0 unspecified atom stereocenters. The van der Waals surface area contributed by atoms with Gasteiger partial charge in [0.15, 0.2) is 0 Å². The number of hydrogen-bond donors (Lipinski definition) is 0. The van der Waals surface area contributed by atoms with Crippen LogP contribution < -0.4 is 0 Å². The second-order valence-corrected chi connectivity index (χ2v) is 9.73. The highest BCUT2D eigenvalue weighted by atomic mass is 35.5. The largest absolute Gasteiger partial charge is 0.342 e. The Morgan fingerprint density at radius 2 is 1.63 bits per heavy atom. The number of rotatable bonds is 4. The summed E-state index contributed by atoms with van der Waals surface area (Å²) in [5.74, 6) is 0.166. The van der Waals surface area contributed by atoms with Crippen LogP contribution in [0, 0.1) is 6.92 Å². The van der Waals surface area contributed by atoms with Gasteiger partial charge in [-0.15, -0.1) is 0 Å². The highest BCUT2D eigenvalue weighted by Gasteiger charge is 2.30. The molecular weight excluding hydrogens is 386 g/mol. The molecular formula is C19H28ClN3O3S. The van der Waals surface area contributed by atoms with Gasteiger partial charge in [-0.25, -0.2) is 8.42 Å². The lowest BCUT2D eigenvalue weighted by atomic mass is 10.2. The molecule has 6 nitrogen and oxygen atoms in total. The number of likely N-dealkylation sites (tertiary alicyclic amines) is 1. The van der Waals surface area contributed by atoms with E-state index >= 15 is 0 Å². The summed E-state index contributed by atoms with van der Waals surface area (Å²) in [5.41, 5.74) is 0.693. The first kappa shape index (κ1) is 20.6. The van der Waals surface area contributed by atoms with Crippen LogP contribution in [0.2, 0.25) is 5.02 Å². The minimum Gasteiger partial charge on any atom is -0.342 e. The van der Waals surface area contributed by atoms with Gasteiger partial charge in [-0.05, 0) is 37.5 Å². The van der Waals surface area contributed by atoms with E-state index < -0.39 is 10.0 Å². The van der Waals surface area contributed by atoms with Crippen LogP contribution in [0.1, 0.15) is 31.2 Å². The number of amides is 1. The molecule has 2 heterocycles. The van der Waals surface area contributed by atoms with Crippen LogP contribution in [0.4, 0.5) is 0 Å². The third kappa shape index (κ3) is 5.02. The lowest BCUT2D eigenvalue weighted by molar-refractivity contribution is -0.132. The zero-order valence-corrected chi connectivity index (χ0v) is 17.4. The molecule has 8 heteroatoms. The summed E-state index contributed by atoms with van der Waals surface area (Å²) in [4.78, 5) is 16.8. The monoisotopic (exact) mass is 413 g/mol. The van der Waals surface area contributed by atoms with Crippen molar-refractivity contribution in [2.24, 2.45) is 0 Å². The van der Waals surface area contributed by atoms with Gasteiger partial charge in [-0.3, -0.25) is 9.69 Å². The number of carbonyl (C=O) groups excluding carboxylic acids is 1.